The molecule has 3 aromatic carbocycles. The Morgan fingerprint density at radius 3 is 2.33 bits per heavy atom. The van der Waals surface area contributed by atoms with E-state index in [1.165, 1.54) is 4.31 Å². The molecule has 0 atom stereocenters. The summed E-state index contributed by atoms with van der Waals surface area (Å²) in [6.45, 7) is 2.67. The Labute approximate surface area is 176 Å². The zero-order valence-electron chi connectivity index (χ0n) is 16.6. The van der Waals surface area contributed by atoms with Crippen LogP contribution in [0, 0.1) is 6.92 Å². The zero-order chi connectivity index (χ0) is 21.1. The third-order valence-corrected chi connectivity index (χ3v) is 6.96. The van der Waals surface area contributed by atoms with Crippen molar-refractivity contribution in [3.8, 4) is 0 Å². The van der Waals surface area contributed by atoms with Gasteiger partial charge in [0.2, 0.25) is 10.0 Å². The zero-order valence-corrected chi connectivity index (χ0v) is 17.4. The second kappa shape index (κ2) is 8.30. The van der Waals surface area contributed by atoms with E-state index < -0.39 is 10.0 Å². The Hall–Kier alpha value is -3.16. The van der Waals surface area contributed by atoms with Gasteiger partial charge in [0.05, 0.1) is 4.90 Å². The van der Waals surface area contributed by atoms with Crippen molar-refractivity contribution in [3.63, 3.8) is 0 Å². The molecule has 0 radical (unpaired) electrons. The van der Waals surface area contributed by atoms with Crippen LogP contribution in [0.5, 0.6) is 0 Å². The largest absolute Gasteiger partial charge is 0.323 e. The molecule has 1 aliphatic heterocycles. The number of rotatable bonds is 4. The monoisotopic (exact) mass is 421 g/mol. The van der Waals surface area contributed by atoms with Crippen molar-refractivity contribution < 1.29 is 13.2 Å². The lowest BCUT2D eigenvalue weighted by atomic mass is 10.0. The lowest BCUT2D eigenvalue weighted by Crippen LogP contribution is -2.36. The number of carbonyl (C=O) groups is 1. The predicted molar refractivity (Wildman–Crippen MR) is 118 cm³/mol. The Morgan fingerprint density at radius 1 is 0.867 bits per heavy atom. The number of carbonyl (C=O) groups excluding carboxylic acids is 1. The summed E-state index contributed by atoms with van der Waals surface area (Å²) in [7, 11) is -3.55. The minimum absolute atomic E-state index is 0.279. The molecule has 7 heteroatoms. The summed E-state index contributed by atoms with van der Waals surface area (Å²) >= 11 is 0. The Balaban J connectivity index is 1.48. The van der Waals surface area contributed by atoms with Gasteiger partial charge < -0.3 is 10.6 Å². The van der Waals surface area contributed by atoms with Crippen LogP contribution in [0.1, 0.15) is 16.7 Å². The van der Waals surface area contributed by atoms with Crippen molar-refractivity contribution in [2.75, 3.05) is 17.2 Å². The highest BCUT2D eigenvalue weighted by molar-refractivity contribution is 7.89. The first-order valence-electron chi connectivity index (χ1n) is 9.73. The summed E-state index contributed by atoms with van der Waals surface area (Å²) in [6, 6.07) is 21.3. The number of anilines is 2. The number of benzene rings is 3. The van der Waals surface area contributed by atoms with E-state index in [0.717, 1.165) is 16.7 Å². The molecule has 1 heterocycles. The van der Waals surface area contributed by atoms with Crippen LogP contribution in [-0.4, -0.2) is 25.3 Å². The number of aryl methyl sites for hydroxylation is 1. The number of hydrogen-bond donors (Lipinski definition) is 2. The average molecular weight is 422 g/mol. The summed E-state index contributed by atoms with van der Waals surface area (Å²) in [4.78, 5) is 12.6. The van der Waals surface area contributed by atoms with Crippen molar-refractivity contribution in [2.45, 2.75) is 24.8 Å². The maximum Gasteiger partial charge on any atom is 0.323 e. The molecule has 30 heavy (non-hydrogen) atoms. The smallest absolute Gasteiger partial charge is 0.308 e. The van der Waals surface area contributed by atoms with E-state index in [1.807, 2.05) is 49.4 Å². The number of sulfonamides is 1. The molecule has 0 aromatic heterocycles. The maximum atomic E-state index is 12.9. The fourth-order valence-electron chi connectivity index (χ4n) is 3.57. The van der Waals surface area contributed by atoms with E-state index in [2.05, 4.69) is 10.6 Å². The van der Waals surface area contributed by atoms with Gasteiger partial charge in [0.1, 0.15) is 0 Å². The molecule has 0 saturated carbocycles. The van der Waals surface area contributed by atoms with Gasteiger partial charge in [0.15, 0.2) is 0 Å². The molecule has 2 N–H and O–H groups in total. The second-order valence-electron chi connectivity index (χ2n) is 7.33. The predicted octanol–water partition coefficient (Wildman–Crippen LogP) is 4.39. The van der Waals surface area contributed by atoms with Crippen LogP contribution < -0.4 is 10.6 Å². The molecule has 154 valence electrons. The van der Waals surface area contributed by atoms with Crippen LogP contribution in [0.2, 0.25) is 0 Å². The molecule has 3 aromatic rings. The summed E-state index contributed by atoms with van der Waals surface area (Å²) in [6.07, 6.45) is 0.636. The lowest BCUT2D eigenvalue weighted by Gasteiger charge is -2.28. The van der Waals surface area contributed by atoms with E-state index in [4.69, 9.17) is 0 Å². The first kappa shape index (κ1) is 20.1. The highest BCUT2D eigenvalue weighted by Gasteiger charge is 2.28. The molecular formula is C23H23N3O3S. The number of amides is 2. The summed E-state index contributed by atoms with van der Waals surface area (Å²) in [5.41, 5.74) is 4.39. The Kier molecular flexibility index (Phi) is 5.57. The molecule has 0 aliphatic carbocycles. The number of urea groups is 1. The SMILES string of the molecule is Cc1cccc(NC(=O)Nc2ccc3c(c2)CN(S(=O)(=O)c2ccccc2)CC3)c1. The summed E-state index contributed by atoms with van der Waals surface area (Å²) < 4.78 is 27.4. The normalized spacial score (nSPS) is 14.0. The van der Waals surface area contributed by atoms with Crippen LogP contribution in [0.15, 0.2) is 77.7 Å². The van der Waals surface area contributed by atoms with Crippen LogP contribution >= 0.6 is 0 Å². The molecule has 0 bridgehead atoms. The third kappa shape index (κ3) is 4.37. The van der Waals surface area contributed by atoms with Crippen LogP contribution in [-0.2, 0) is 23.0 Å². The van der Waals surface area contributed by atoms with Crippen molar-refractivity contribution in [1.82, 2.24) is 4.31 Å². The van der Waals surface area contributed by atoms with Gasteiger partial charge in [-0.05, 0) is 66.4 Å². The molecule has 0 saturated heterocycles. The van der Waals surface area contributed by atoms with Gasteiger partial charge in [-0.1, -0.05) is 36.4 Å². The van der Waals surface area contributed by atoms with Gasteiger partial charge in [-0.3, -0.25) is 0 Å². The highest BCUT2D eigenvalue weighted by atomic mass is 32.2. The van der Waals surface area contributed by atoms with Crippen LogP contribution in [0.25, 0.3) is 0 Å². The van der Waals surface area contributed by atoms with Gasteiger partial charge in [-0.25, -0.2) is 13.2 Å². The number of nitrogens with zero attached hydrogens (tertiary/aromatic N) is 1. The van der Waals surface area contributed by atoms with Crippen LogP contribution in [0.4, 0.5) is 16.2 Å². The highest BCUT2D eigenvalue weighted by Crippen LogP contribution is 2.27. The molecule has 0 unspecified atom stereocenters. The quantitative estimate of drug-likeness (QED) is 0.656. The molecule has 0 fully saturated rings. The van der Waals surface area contributed by atoms with Crippen molar-refractivity contribution >= 4 is 27.4 Å². The first-order chi connectivity index (χ1) is 14.4. The summed E-state index contributed by atoms with van der Waals surface area (Å²) in [5.74, 6) is 0. The van der Waals surface area contributed by atoms with Gasteiger partial charge in [0, 0.05) is 24.5 Å². The third-order valence-electron chi connectivity index (χ3n) is 5.10. The Bertz CT molecular complexity index is 1180. The number of fused-ring (bicyclic) bond motifs is 1. The fourth-order valence-corrected chi connectivity index (χ4v) is 5.01. The standard InChI is InChI=1S/C23H23N3O3S/c1-17-6-5-7-20(14-17)24-23(27)25-21-11-10-18-12-13-26(16-19(18)15-21)30(28,29)22-8-3-2-4-9-22/h2-11,14-15H,12-13,16H2,1H3,(H2,24,25,27). The van der Waals surface area contributed by atoms with E-state index in [0.29, 0.717) is 29.2 Å². The van der Waals surface area contributed by atoms with E-state index in [-0.39, 0.29) is 12.6 Å². The minimum Gasteiger partial charge on any atom is -0.308 e. The van der Waals surface area contributed by atoms with Crippen molar-refractivity contribution in [2.24, 2.45) is 0 Å². The van der Waals surface area contributed by atoms with E-state index in [1.54, 1.807) is 30.3 Å². The van der Waals surface area contributed by atoms with Gasteiger partial charge in [-0.2, -0.15) is 4.31 Å². The van der Waals surface area contributed by atoms with Gasteiger partial charge >= 0.3 is 6.03 Å². The van der Waals surface area contributed by atoms with E-state index >= 15 is 0 Å². The van der Waals surface area contributed by atoms with Crippen LogP contribution in [0.3, 0.4) is 0 Å². The molecule has 4 rings (SSSR count). The van der Waals surface area contributed by atoms with Gasteiger partial charge in [0.25, 0.3) is 0 Å². The topological polar surface area (TPSA) is 78.5 Å². The molecule has 1 aliphatic rings. The van der Waals surface area contributed by atoms with E-state index in [9.17, 15) is 13.2 Å². The first-order valence-corrected chi connectivity index (χ1v) is 11.2. The molecule has 0 spiro atoms. The summed E-state index contributed by atoms with van der Waals surface area (Å²) in [5, 5.41) is 5.64. The number of hydrogen-bond acceptors (Lipinski definition) is 3. The average Bonchev–Trinajstić information content (AvgIpc) is 2.74. The molecule has 2 amide bonds. The lowest BCUT2D eigenvalue weighted by molar-refractivity contribution is 0.262. The molecule has 6 nitrogen and oxygen atoms in total. The Morgan fingerprint density at radius 2 is 1.60 bits per heavy atom. The minimum atomic E-state index is -3.55. The fraction of sp³-hybridized carbons (Fsp3) is 0.174. The molecular weight excluding hydrogens is 398 g/mol. The van der Waals surface area contributed by atoms with Gasteiger partial charge in [-0.15, -0.1) is 0 Å². The maximum absolute atomic E-state index is 12.9. The van der Waals surface area contributed by atoms with Crippen molar-refractivity contribution in [1.29, 1.82) is 0 Å². The van der Waals surface area contributed by atoms with Crippen molar-refractivity contribution in [3.05, 3.63) is 89.5 Å². The number of nitrogens with one attached hydrogen (secondary N) is 2. The second-order valence-corrected chi connectivity index (χ2v) is 9.27.